The zero-order valence-corrected chi connectivity index (χ0v) is 9.90. The van der Waals surface area contributed by atoms with Crippen molar-refractivity contribution in [2.45, 2.75) is 25.4 Å². The molecule has 3 heteroatoms. The van der Waals surface area contributed by atoms with Gasteiger partial charge in [0, 0.05) is 0 Å². The van der Waals surface area contributed by atoms with Crippen LogP contribution in [0.4, 0.5) is 4.39 Å². The fourth-order valence-electron chi connectivity index (χ4n) is 3.43. The number of benzene rings is 1. The van der Waals surface area contributed by atoms with Gasteiger partial charge in [0.05, 0.1) is 13.2 Å². The van der Waals surface area contributed by atoms with Crippen molar-refractivity contribution in [3.8, 4) is 5.75 Å². The van der Waals surface area contributed by atoms with Gasteiger partial charge in [0.1, 0.15) is 0 Å². The molecule has 1 aromatic carbocycles. The average molecular weight is 236 g/mol. The first-order valence-corrected chi connectivity index (χ1v) is 6.24. The Morgan fingerprint density at radius 2 is 2.06 bits per heavy atom. The first-order valence-electron chi connectivity index (χ1n) is 6.24. The lowest BCUT2D eigenvalue weighted by atomic mass is 9.99. The lowest BCUT2D eigenvalue weighted by Gasteiger charge is -2.14. The van der Waals surface area contributed by atoms with Crippen LogP contribution in [-0.2, 0) is 0 Å². The molecule has 1 aromatic rings. The van der Waals surface area contributed by atoms with Gasteiger partial charge in [0.25, 0.3) is 0 Å². The maximum absolute atomic E-state index is 13.5. The lowest BCUT2D eigenvalue weighted by molar-refractivity contribution is 0.136. The molecule has 0 amide bonds. The summed E-state index contributed by atoms with van der Waals surface area (Å²) in [5, 5.41) is 10.2. The molecule has 92 valence electrons. The Bertz CT molecular complexity index is 422. The summed E-state index contributed by atoms with van der Waals surface area (Å²) in [4.78, 5) is 0. The van der Waals surface area contributed by atoms with Crippen LogP contribution in [0.25, 0.3) is 0 Å². The van der Waals surface area contributed by atoms with Crippen LogP contribution in [-0.4, -0.2) is 12.2 Å². The van der Waals surface area contributed by atoms with Crippen LogP contribution >= 0.6 is 0 Å². The highest BCUT2D eigenvalue weighted by atomic mass is 19.1. The molecule has 2 aliphatic carbocycles. The molecule has 1 N–H and O–H groups in total. The predicted molar refractivity (Wildman–Crippen MR) is 62.2 cm³/mol. The van der Waals surface area contributed by atoms with Gasteiger partial charge in [-0.3, -0.25) is 0 Å². The molecule has 3 unspecified atom stereocenters. The average Bonchev–Trinajstić information content (AvgIpc) is 2.81. The molecule has 0 aromatic heterocycles. The molecule has 0 radical (unpaired) electrons. The molecule has 2 nitrogen and oxygen atoms in total. The Kier molecular flexibility index (Phi) is 2.58. The van der Waals surface area contributed by atoms with Crippen molar-refractivity contribution >= 4 is 0 Å². The summed E-state index contributed by atoms with van der Waals surface area (Å²) in [5.74, 6) is 1.55. The minimum atomic E-state index is -0.509. The minimum absolute atomic E-state index is 0.233. The number of methoxy groups -OCH3 is 1. The van der Waals surface area contributed by atoms with Gasteiger partial charge >= 0.3 is 0 Å². The minimum Gasteiger partial charge on any atom is -0.494 e. The molecule has 0 spiro atoms. The van der Waals surface area contributed by atoms with Crippen LogP contribution in [0.5, 0.6) is 5.75 Å². The van der Waals surface area contributed by atoms with Crippen molar-refractivity contribution in [2.75, 3.05) is 7.11 Å². The normalized spacial score (nSPS) is 32.1. The van der Waals surface area contributed by atoms with Crippen molar-refractivity contribution in [2.24, 2.45) is 17.8 Å². The van der Waals surface area contributed by atoms with E-state index in [-0.39, 0.29) is 5.75 Å². The Balaban J connectivity index is 1.78. The molecule has 17 heavy (non-hydrogen) atoms. The summed E-state index contributed by atoms with van der Waals surface area (Å²) in [6.07, 6.45) is 3.23. The van der Waals surface area contributed by atoms with E-state index < -0.39 is 11.9 Å². The Morgan fingerprint density at radius 1 is 1.35 bits per heavy atom. The Labute approximate surface area is 100 Å². The van der Waals surface area contributed by atoms with Crippen LogP contribution < -0.4 is 4.74 Å². The van der Waals surface area contributed by atoms with E-state index in [2.05, 4.69) is 0 Å². The molecule has 2 aliphatic rings. The number of halogens is 1. The molecular weight excluding hydrogens is 219 g/mol. The number of hydrogen-bond acceptors (Lipinski definition) is 2. The van der Waals surface area contributed by atoms with E-state index in [0.29, 0.717) is 23.3 Å². The maximum Gasteiger partial charge on any atom is 0.165 e. The first-order chi connectivity index (χ1) is 8.22. The van der Waals surface area contributed by atoms with Crippen LogP contribution in [0.1, 0.15) is 30.9 Å². The molecule has 0 saturated heterocycles. The van der Waals surface area contributed by atoms with Gasteiger partial charge in [-0.05, 0) is 48.3 Å². The quantitative estimate of drug-likeness (QED) is 0.874. The third-order valence-corrected chi connectivity index (χ3v) is 4.35. The third-order valence-electron chi connectivity index (χ3n) is 4.35. The number of aliphatic hydroxyl groups is 1. The standard InChI is InChI=1S/C14H17FO2/c1-17-12-6-5-8(7-11(12)15)14(16)13-9-3-2-4-10(9)13/h5-7,9-10,13-14,16H,2-4H2,1H3. The second-order valence-corrected chi connectivity index (χ2v) is 5.17. The smallest absolute Gasteiger partial charge is 0.165 e. The van der Waals surface area contributed by atoms with E-state index in [0.717, 1.165) is 0 Å². The van der Waals surface area contributed by atoms with Crippen molar-refractivity contribution in [1.29, 1.82) is 0 Å². The highest BCUT2D eigenvalue weighted by Gasteiger charge is 2.55. The van der Waals surface area contributed by atoms with Crippen molar-refractivity contribution in [1.82, 2.24) is 0 Å². The van der Waals surface area contributed by atoms with Gasteiger partial charge in [-0.15, -0.1) is 0 Å². The summed E-state index contributed by atoms with van der Waals surface area (Å²) in [6.45, 7) is 0. The second-order valence-electron chi connectivity index (χ2n) is 5.17. The molecule has 3 atom stereocenters. The molecule has 3 rings (SSSR count). The van der Waals surface area contributed by atoms with Crippen molar-refractivity contribution in [3.05, 3.63) is 29.6 Å². The largest absolute Gasteiger partial charge is 0.494 e. The van der Waals surface area contributed by atoms with E-state index in [9.17, 15) is 9.50 Å². The van der Waals surface area contributed by atoms with Gasteiger partial charge in [0.2, 0.25) is 0 Å². The zero-order valence-electron chi connectivity index (χ0n) is 9.90. The van der Waals surface area contributed by atoms with Crippen molar-refractivity contribution in [3.63, 3.8) is 0 Å². The van der Waals surface area contributed by atoms with E-state index >= 15 is 0 Å². The second kappa shape index (κ2) is 3.98. The van der Waals surface area contributed by atoms with Crippen LogP contribution in [0.2, 0.25) is 0 Å². The first kappa shape index (κ1) is 11.0. The molecule has 0 bridgehead atoms. The Hall–Kier alpha value is -1.09. The highest BCUT2D eigenvalue weighted by molar-refractivity contribution is 5.31. The van der Waals surface area contributed by atoms with E-state index in [1.165, 1.54) is 32.4 Å². The molecule has 2 saturated carbocycles. The van der Waals surface area contributed by atoms with Gasteiger partial charge in [-0.25, -0.2) is 4.39 Å². The predicted octanol–water partition coefficient (Wildman–Crippen LogP) is 2.91. The third kappa shape index (κ3) is 1.73. The summed E-state index contributed by atoms with van der Waals surface area (Å²) in [5.41, 5.74) is 0.683. The fraction of sp³-hybridized carbons (Fsp3) is 0.571. The lowest BCUT2D eigenvalue weighted by Crippen LogP contribution is -2.05. The number of aliphatic hydroxyl groups excluding tert-OH is 1. The molecule has 0 heterocycles. The van der Waals surface area contributed by atoms with Crippen LogP contribution in [0, 0.1) is 23.6 Å². The number of rotatable bonds is 3. The van der Waals surface area contributed by atoms with Crippen LogP contribution in [0.3, 0.4) is 0 Å². The molecule has 2 fully saturated rings. The number of ether oxygens (including phenoxy) is 1. The SMILES string of the molecule is COc1ccc(C(O)C2C3CCCC32)cc1F. The van der Waals surface area contributed by atoms with Gasteiger partial charge < -0.3 is 9.84 Å². The number of hydrogen-bond donors (Lipinski definition) is 1. The zero-order chi connectivity index (χ0) is 12.0. The maximum atomic E-state index is 13.5. The summed E-state index contributed by atoms with van der Waals surface area (Å²) < 4.78 is 18.4. The Morgan fingerprint density at radius 3 is 2.65 bits per heavy atom. The van der Waals surface area contributed by atoms with Crippen LogP contribution in [0.15, 0.2) is 18.2 Å². The monoisotopic (exact) mass is 236 g/mol. The van der Waals surface area contributed by atoms with E-state index in [1.54, 1.807) is 12.1 Å². The van der Waals surface area contributed by atoms with E-state index in [4.69, 9.17) is 4.74 Å². The topological polar surface area (TPSA) is 29.5 Å². The highest BCUT2D eigenvalue weighted by Crippen LogP contribution is 2.62. The molecular formula is C14H17FO2. The van der Waals surface area contributed by atoms with Gasteiger partial charge in [-0.2, -0.15) is 0 Å². The molecule has 0 aliphatic heterocycles. The van der Waals surface area contributed by atoms with E-state index in [1.807, 2.05) is 0 Å². The summed E-state index contributed by atoms with van der Waals surface area (Å²) in [6, 6.07) is 4.75. The van der Waals surface area contributed by atoms with Crippen molar-refractivity contribution < 1.29 is 14.2 Å². The van der Waals surface area contributed by atoms with Gasteiger partial charge in [-0.1, -0.05) is 12.5 Å². The summed E-state index contributed by atoms with van der Waals surface area (Å²) >= 11 is 0. The number of fused-ring (bicyclic) bond motifs is 1. The fourth-order valence-corrected chi connectivity index (χ4v) is 3.43. The van der Waals surface area contributed by atoms with Gasteiger partial charge in [0.15, 0.2) is 11.6 Å². The summed E-state index contributed by atoms with van der Waals surface area (Å²) in [7, 11) is 1.44.